The molecule has 0 saturated carbocycles. The highest BCUT2D eigenvalue weighted by molar-refractivity contribution is 7.71. The quantitative estimate of drug-likeness (QED) is 0.280. The Labute approximate surface area is 147 Å². The fourth-order valence-corrected chi connectivity index (χ4v) is 3.51. The van der Waals surface area contributed by atoms with Crippen molar-refractivity contribution in [1.82, 2.24) is 4.98 Å². The zero-order valence-corrected chi connectivity index (χ0v) is 14.0. The first kappa shape index (κ1) is 14.6. The van der Waals surface area contributed by atoms with Crippen molar-refractivity contribution in [1.29, 1.82) is 0 Å². The van der Waals surface area contributed by atoms with Gasteiger partial charge in [0, 0.05) is 5.56 Å². The van der Waals surface area contributed by atoms with Gasteiger partial charge >= 0.3 is 0 Å². The van der Waals surface area contributed by atoms with Crippen LogP contribution in [-0.2, 0) is 0 Å². The van der Waals surface area contributed by atoms with Crippen LogP contribution < -0.4 is 0 Å². The average Bonchev–Trinajstić information content (AvgIpc) is 2.54. The Kier molecular flexibility index (Phi) is 3.57. The van der Waals surface area contributed by atoms with Crippen molar-refractivity contribution in [2.75, 3.05) is 0 Å². The highest BCUT2D eigenvalue weighted by atomic mass is 35.5. The van der Waals surface area contributed by atoms with Crippen molar-refractivity contribution in [3.8, 4) is 11.3 Å². The van der Waals surface area contributed by atoms with Crippen molar-refractivity contribution < 1.29 is 4.42 Å². The molecule has 112 valence electrons. The van der Waals surface area contributed by atoms with Crippen LogP contribution in [0.4, 0.5) is 0 Å². The van der Waals surface area contributed by atoms with Crippen LogP contribution >= 0.6 is 35.4 Å². The molecule has 0 aliphatic heterocycles. The number of fused-ring (bicyclic) bond motifs is 3. The molecule has 4 aromatic rings. The molecule has 0 fully saturated rings. The minimum Gasteiger partial charge on any atom is -0.430 e. The number of rotatable bonds is 1. The Morgan fingerprint density at radius 1 is 0.870 bits per heavy atom. The van der Waals surface area contributed by atoms with Crippen LogP contribution in [0.15, 0.2) is 59.0 Å². The largest absolute Gasteiger partial charge is 0.430 e. The molecule has 0 unspecified atom stereocenters. The lowest BCUT2D eigenvalue weighted by molar-refractivity contribution is 0.562. The van der Waals surface area contributed by atoms with E-state index in [4.69, 9.17) is 39.8 Å². The van der Waals surface area contributed by atoms with Crippen LogP contribution in [0.2, 0.25) is 10.0 Å². The van der Waals surface area contributed by atoms with Crippen LogP contribution in [0, 0.1) is 4.84 Å². The van der Waals surface area contributed by atoms with Crippen LogP contribution in [0.5, 0.6) is 0 Å². The summed E-state index contributed by atoms with van der Waals surface area (Å²) in [5, 5.41) is 4.01. The van der Waals surface area contributed by atoms with E-state index in [-0.39, 0.29) is 4.84 Å². The van der Waals surface area contributed by atoms with Crippen LogP contribution in [0.1, 0.15) is 0 Å². The standard InChI is InChI=1S/C18H9Cl2NOS/c19-12-6-3-7-13(20)16(12)17-15-11-5-2-1-4-10(11)8-9-14(15)22-18(23)21-17/h1-9H. The van der Waals surface area contributed by atoms with Gasteiger partial charge in [0.1, 0.15) is 5.58 Å². The van der Waals surface area contributed by atoms with Gasteiger partial charge in [0.05, 0.1) is 21.1 Å². The topological polar surface area (TPSA) is 26.0 Å². The van der Waals surface area contributed by atoms with E-state index in [2.05, 4.69) is 4.98 Å². The molecule has 0 amide bonds. The molecule has 2 nitrogen and oxygen atoms in total. The minimum absolute atomic E-state index is 0.152. The summed E-state index contributed by atoms with van der Waals surface area (Å²) >= 11 is 17.9. The second-order valence-corrected chi connectivity index (χ2v) is 6.25. The van der Waals surface area contributed by atoms with Gasteiger partial charge in [-0.05, 0) is 41.2 Å². The zero-order chi connectivity index (χ0) is 16.0. The van der Waals surface area contributed by atoms with E-state index in [9.17, 15) is 0 Å². The second kappa shape index (κ2) is 5.60. The predicted octanol–water partition coefficient (Wildman–Crippen LogP) is 6.68. The van der Waals surface area contributed by atoms with E-state index < -0.39 is 0 Å². The molecule has 23 heavy (non-hydrogen) atoms. The van der Waals surface area contributed by atoms with Crippen LogP contribution in [0.3, 0.4) is 0 Å². The highest BCUT2D eigenvalue weighted by Gasteiger charge is 2.16. The summed E-state index contributed by atoms with van der Waals surface area (Å²) < 4.78 is 5.63. The second-order valence-electron chi connectivity index (χ2n) is 5.08. The van der Waals surface area contributed by atoms with Gasteiger partial charge in [-0.1, -0.05) is 59.6 Å². The number of aromatic nitrogens is 1. The van der Waals surface area contributed by atoms with Crippen molar-refractivity contribution in [3.63, 3.8) is 0 Å². The lowest BCUT2D eigenvalue weighted by Crippen LogP contribution is -1.91. The lowest BCUT2D eigenvalue weighted by atomic mass is 10.0. The van der Waals surface area contributed by atoms with E-state index in [1.165, 1.54) is 0 Å². The molecule has 0 atom stereocenters. The predicted molar refractivity (Wildman–Crippen MR) is 97.8 cm³/mol. The summed E-state index contributed by atoms with van der Waals surface area (Å²) in [5.41, 5.74) is 1.97. The third-order valence-corrected chi connectivity index (χ3v) is 4.53. The Bertz CT molecular complexity index is 1100. The molecule has 0 spiro atoms. The molecular weight excluding hydrogens is 349 g/mol. The molecular formula is C18H9Cl2NOS. The minimum atomic E-state index is 0.152. The number of benzene rings is 3. The average molecular weight is 358 g/mol. The number of hydrogen-bond acceptors (Lipinski definition) is 3. The fraction of sp³-hybridized carbons (Fsp3) is 0. The van der Waals surface area contributed by atoms with Crippen LogP contribution in [0.25, 0.3) is 33.0 Å². The Morgan fingerprint density at radius 2 is 1.61 bits per heavy atom. The monoisotopic (exact) mass is 357 g/mol. The van der Waals surface area contributed by atoms with E-state index in [1.807, 2.05) is 36.4 Å². The van der Waals surface area contributed by atoms with Gasteiger partial charge in [-0.2, -0.15) is 0 Å². The Hall–Kier alpha value is -1.94. The summed E-state index contributed by atoms with van der Waals surface area (Å²) in [6.07, 6.45) is 0. The molecule has 4 rings (SSSR count). The number of hydrogen-bond donors (Lipinski definition) is 0. The molecule has 0 N–H and O–H groups in total. The molecule has 0 aliphatic carbocycles. The van der Waals surface area contributed by atoms with Gasteiger partial charge < -0.3 is 4.42 Å². The summed E-state index contributed by atoms with van der Waals surface area (Å²) in [6.45, 7) is 0. The van der Waals surface area contributed by atoms with Gasteiger partial charge in [-0.3, -0.25) is 0 Å². The third kappa shape index (κ3) is 2.41. The SMILES string of the molecule is S=c1nc(-c2c(Cl)cccc2Cl)c2c(ccc3ccccc32)o1. The van der Waals surface area contributed by atoms with Crippen molar-refractivity contribution in [2.45, 2.75) is 0 Å². The van der Waals surface area contributed by atoms with E-state index in [0.717, 1.165) is 16.2 Å². The number of halogens is 2. The van der Waals surface area contributed by atoms with Crippen molar-refractivity contribution in [2.24, 2.45) is 0 Å². The summed E-state index contributed by atoms with van der Waals surface area (Å²) in [5.74, 6) is 0. The van der Waals surface area contributed by atoms with Crippen LogP contribution in [-0.4, -0.2) is 4.98 Å². The van der Waals surface area contributed by atoms with Crippen molar-refractivity contribution in [3.05, 3.63) is 69.5 Å². The van der Waals surface area contributed by atoms with E-state index in [0.29, 0.717) is 26.9 Å². The van der Waals surface area contributed by atoms with Gasteiger partial charge in [0.25, 0.3) is 4.84 Å². The molecule has 0 radical (unpaired) electrons. The zero-order valence-electron chi connectivity index (χ0n) is 11.7. The molecule has 0 saturated heterocycles. The van der Waals surface area contributed by atoms with E-state index >= 15 is 0 Å². The van der Waals surface area contributed by atoms with Crippen molar-refractivity contribution >= 4 is 57.2 Å². The summed E-state index contributed by atoms with van der Waals surface area (Å²) in [4.78, 5) is 4.57. The normalized spacial score (nSPS) is 11.2. The van der Waals surface area contributed by atoms with Gasteiger partial charge in [0.2, 0.25) is 0 Å². The molecule has 5 heteroatoms. The van der Waals surface area contributed by atoms with E-state index in [1.54, 1.807) is 18.2 Å². The molecule has 1 heterocycles. The molecule has 3 aromatic carbocycles. The maximum atomic E-state index is 6.38. The Balaban J connectivity index is 2.26. The Morgan fingerprint density at radius 3 is 2.39 bits per heavy atom. The first-order valence-corrected chi connectivity index (χ1v) is 8.08. The summed E-state index contributed by atoms with van der Waals surface area (Å²) in [7, 11) is 0. The maximum Gasteiger partial charge on any atom is 0.289 e. The molecule has 0 bridgehead atoms. The first-order valence-electron chi connectivity index (χ1n) is 6.92. The molecule has 0 aliphatic rings. The fourth-order valence-electron chi connectivity index (χ4n) is 2.75. The highest BCUT2D eigenvalue weighted by Crippen LogP contribution is 2.39. The lowest BCUT2D eigenvalue weighted by Gasteiger charge is -2.11. The van der Waals surface area contributed by atoms with Gasteiger partial charge in [-0.25, -0.2) is 4.98 Å². The molecule has 1 aromatic heterocycles. The van der Waals surface area contributed by atoms with Gasteiger partial charge in [-0.15, -0.1) is 0 Å². The first-order chi connectivity index (χ1) is 11.1. The smallest absolute Gasteiger partial charge is 0.289 e. The number of nitrogens with zero attached hydrogens (tertiary/aromatic N) is 1. The maximum absolute atomic E-state index is 6.38. The summed E-state index contributed by atoms with van der Waals surface area (Å²) in [6, 6.07) is 17.3. The third-order valence-electron chi connectivity index (χ3n) is 3.73. The van der Waals surface area contributed by atoms with Gasteiger partial charge in [0.15, 0.2) is 0 Å².